The molecule has 2 nitrogen and oxygen atoms in total. The number of aromatic nitrogens is 1. The molecule has 15 heavy (non-hydrogen) atoms. The lowest BCUT2D eigenvalue weighted by Crippen LogP contribution is -1.98. The average Bonchev–Trinajstić information content (AvgIpc) is 2.52. The number of aryl methyl sites for hydroxylation is 1. The topological polar surface area (TPSA) is 17.3 Å². The van der Waals surface area contributed by atoms with Crippen LogP contribution in [0.25, 0.3) is 10.9 Å². The number of benzene rings is 1. The second kappa shape index (κ2) is 3.54. The van der Waals surface area contributed by atoms with Crippen LogP contribution >= 0.6 is 0 Å². The summed E-state index contributed by atoms with van der Waals surface area (Å²) >= 11 is 0. The van der Waals surface area contributed by atoms with E-state index in [-0.39, 0.29) is 0 Å². The first-order valence-corrected chi connectivity index (χ1v) is 5.14. The van der Waals surface area contributed by atoms with Crippen molar-refractivity contribution in [2.45, 2.75) is 13.8 Å². The Morgan fingerprint density at radius 3 is 2.60 bits per heavy atom. The van der Waals surface area contributed by atoms with E-state index in [2.05, 4.69) is 54.7 Å². The zero-order valence-corrected chi connectivity index (χ0v) is 9.70. The summed E-state index contributed by atoms with van der Waals surface area (Å²) in [5.41, 5.74) is 4.92. The Labute approximate surface area is 90.3 Å². The normalized spacial score (nSPS) is 12.4. The van der Waals surface area contributed by atoms with Crippen LogP contribution in [0.3, 0.4) is 0 Å². The fourth-order valence-corrected chi connectivity index (χ4v) is 2.09. The molecule has 2 aromatic rings. The van der Waals surface area contributed by atoms with E-state index in [0.29, 0.717) is 0 Å². The maximum Gasteiger partial charge on any atom is 0.0486 e. The summed E-state index contributed by atoms with van der Waals surface area (Å²) < 4.78 is 2.22. The molecule has 0 bridgehead atoms. The first-order valence-electron chi connectivity index (χ1n) is 5.14. The molecule has 0 saturated heterocycles. The van der Waals surface area contributed by atoms with E-state index in [1.807, 2.05) is 7.05 Å². The molecule has 0 N–H and O–H groups in total. The van der Waals surface area contributed by atoms with Crippen LogP contribution in [0.1, 0.15) is 18.2 Å². The third-order valence-corrected chi connectivity index (χ3v) is 3.10. The van der Waals surface area contributed by atoms with Crippen LogP contribution in [0.2, 0.25) is 0 Å². The largest absolute Gasteiger partial charge is 0.347 e. The highest BCUT2D eigenvalue weighted by Gasteiger charge is 2.12. The lowest BCUT2D eigenvalue weighted by Gasteiger charge is -2.00. The van der Waals surface area contributed by atoms with E-state index in [4.69, 9.17) is 0 Å². The van der Waals surface area contributed by atoms with Crippen molar-refractivity contribution < 1.29 is 0 Å². The van der Waals surface area contributed by atoms with Crippen molar-refractivity contribution in [3.05, 3.63) is 35.5 Å². The van der Waals surface area contributed by atoms with E-state index in [1.54, 1.807) is 0 Å². The van der Waals surface area contributed by atoms with E-state index in [0.717, 1.165) is 5.71 Å². The second-order valence-electron chi connectivity index (χ2n) is 3.85. The van der Waals surface area contributed by atoms with E-state index < -0.39 is 0 Å². The molecule has 2 heteroatoms. The number of hydrogen-bond donors (Lipinski definition) is 0. The molecule has 0 atom stereocenters. The molecular weight excluding hydrogens is 184 g/mol. The summed E-state index contributed by atoms with van der Waals surface area (Å²) in [4.78, 5) is 4.29. The molecule has 0 spiro atoms. The number of aliphatic imine (C=N–C) groups is 1. The summed E-state index contributed by atoms with van der Waals surface area (Å²) in [5, 5.41) is 1.29. The summed E-state index contributed by atoms with van der Waals surface area (Å²) in [7, 11) is 3.95. The third kappa shape index (κ3) is 1.37. The Balaban J connectivity index is 2.90. The zero-order chi connectivity index (χ0) is 11.0. The summed E-state index contributed by atoms with van der Waals surface area (Å²) in [6.07, 6.45) is 0. The van der Waals surface area contributed by atoms with Crippen LogP contribution in [-0.2, 0) is 7.05 Å². The average molecular weight is 200 g/mol. The van der Waals surface area contributed by atoms with E-state index in [1.165, 1.54) is 22.2 Å². The van der Waals surface area contributed by atoms with Crippen molar-refractivity contribution in [2.75, 3.05) is 7.05 Å². The molecule has 0 amide bonds. The minimum atomic E-state index is 1.10. The van der Waals surface area contributed by atoms with Gasteiger partial charge in [-0.15, -0.1) is 0 Å². The van der Waals surface area contributed by atoms with Gasteiger partial charge in [0.25, 0.3) is 0 Å². The number of fused-ring (bicyclic) bond motifs is 1. The van der Waals surface area contributed by atoms with Gasteiger partial charge in [-0.1, -0.05) is 18.2 Å². The highest BCUT2D eigenvalue weighted by molar-refractivity contribution is 6.11. The van der Waals surface area contributed by atoms with Crippen molar-refractivity contribution in [1.82, 2.24) is 4.57 Å². The number of nitrogens with zero attached hydrogens (tertiary/aromatic N) is 2. The van der Waals surface area contributed by atoms with E-state index >= 15 is 0 Å². The third-order valence-electron chi connectivity index (χ3n) is 3.10. The number of rotatable bonds is 1. The van der Waals surface area contributed by atoms with E-state index in [9.17, 15) is 0 Å². The maximum absolute atomic E-state index is 4.29. The molecule has 78 valence electrons. The number of para-hydroxylation sites is 1. The minimum Gasteiger partial charge on any atom is -0.347 e. The summed E-state index contributed by atoms with van der Waals surface area (Å²) in [5.74, 6) is 0. The van der Waals surface area contributed by atoms with Gasteiger partial charge in [0.1, 0.15) is 0 Å². The smallest absolute Gasteiger partial charge is 0.0486 e. The molecule has 0 fully saturated rings. The first-order chi connectivity index (χ1) is 7.16. The van der Waals surface area contributed by atoms with Gasteiger partial charge in [0.15, 0.2) is 0 Å². The Kier molecular flexibility index (Phi) is 2.35. The van der Waals surface area contributed by atoms with Gasteiger partial charge in [0, 0.05) is 42.0 Å². The minimum absolute atomic E-state index is 1.10. The molecule has 1 aromatic heterocycles. The lowest BCUT2D eigenvalue weighted by atomic mass is 10.1. The fraction of sp³-hybridized carbons (Fsp3) is 0.308. The molecule has 1 heterocycles. The van der Waals surface area contributed by atoms with Crippen molar-refractivity contribution in [2.24, 2.45) is 12.0 Å². The molecular formula is C13H16N2. The Hall–Kier alpha value is -1.57. The monoisotopic (exact) mass is 200 g/mol. The summed E-state index contributed by atoms with van der Waals surface area (Å²) in [6, 6.07) is 8.46. The Bertz CT molecular complexity index is 533. The van der Waals surface area contributed by atoms with Gasteiger partial charge in [-0.3, -0.25) is 4.99 Å². The van der Waals surface area contributed by atoms with Crippen molar-refractivity contribution >= 4 is 16.6 Å². The van der Waals surface area contributed by atoms with Gasteiger partial charge in [0.05, 0.1) is 0 Å². The second-order valence-corrected chi connectivity index (χ2v) is 3.85. The molecule has 0 aliphatic carbocycles. The molecule has 1 aromatic carbocycles. The zero-order valence-electron chi connectivity index (χ0n) is 9.70. The highest BCUT2D eigenvalue weighted by atomic mass is 14.9. The van der Waals surface area contributed by atoms with Crippen LogP contribution in [-0.4, -0.2) is 17.3 Å². The standard InChI is InChI=1S/C13H16N2/c1-9(14-3)13-10(2)15(4)12-8-6-5-7-11(12)13/h5-8H,1-4H3. The Morgan fingerprint density at radius 1 is 1.27 bits per heavy atom. The Morgan fingerprint density at radius 2 is 1.93 bits per heavy atom. The van der Waals surface area contributed by atoms with Gasteiger partial charge < -0.3 is 4.57 Å². The molecule has 2 rings (SSSR count). The quantitative estimate of drug-likeness (QED) is 0.630. The highest BCUT2D eigenvalue weighted by Crippen LogP contribution is 2.25. The van der Waals surface area contributed by atoms with Crippen molar-refractivity contribution in [3.63, 3.8) is 0 Å². The van der Waals surface area contributed by atoms with Gasteiger partial charge >= 0.3 is 0 Å². The maximum atomic E-state index is 4.29. The number of hydrogen-bond acceptors (Lipinski definition) is 1. The van der Waals surface area contributed by atoms with Gasteiger partial charge in [-0.05, 0) is 19.9 Å². The van der Waals surface area contributed by atoms with Gasteiger partial charge in [0.2, 0.25) is 0 Å². The lowest BCUT2D eigenvalue weighted by molar-refractivity contribution is 0.916. The predicted octanol–water partition coefficient (Wildman–Crippen LogP) is 2.93. The van der Waals surface area contributed by atoms with Crippen LogP contribution in [0, 0.1) is 6.92 Å². The van der Waals surface area contributed by atoms with Crippen LogP contribution < -0.4 is 0 Å². The molecule has 0 aliphatic rings. The fourth-order valence-electron chi connectivity index (χ4n) is 2.09. The molecule has 0 radical (unpaired) electrons. The first kappa shape index (κ1) is 9.97. The van der Waals surface area contributed by atoms with Crippen LogP contribution in [0.15, 0.2) is 29.3 Å². The molecule has 0 saturated carbocycles. The van der Waals surface area contributed by atoms with Crippen molar-refractivity contribution in [1.29, 1.82) is 0 Å². The van der Waals surface area contributed by atoms with Crippen LogP contribution in [0.4, 0.5) is 0 Å². The van der Waals surface area contributed by atoms with Gasteiger partial charge in [-0.2, -0.15) is 0 Å². The molecule has 0 unspecified atom stereocenters. The van der Waals surface area contributed by atoms with Gasteiger partial charge in [-0.25, -0.2) is 0 Å². The summed E-state index contributed by atoms with van der Waals surface area (Å²) in [6.45, 7) is 4.21. The predicted molar refractivity (Wildman–Crippen MR) is 65.8 cm³/mol. The van der Waals surface area contributed by atoms with Crippen molar-refractivity contribution in [3.8, 4) is 0 Å². The SMILES string of the molecule is CN=C(C)c1c(C)n(C)c2ccccc12. The van der Waals surface area contributed by atoms with Crippen LogP contribution in [0.5, 0.6) is 0 Å². The molecule has 0 aliphatic heterocycles.